The van der Waals surface area contributed by atoms with E-state index in [9.17, 15) is 32.3 Å². The summed E-state index contributed by atoms with van der Waals surface area (Å²) in [7, 11) is 0. The van der Waals surface area contributed by atoms with Crippen LogP contribution in [0.5, 0.6) is 0 Å². The van der Waals surface area contributed by atoms with Gasteiger partial charge in [0, 0.05) is 0 Å². The van der Waals surface area contributed by atoms with Crippen LogP contribution < -0.4 is 5.32 Å². The van der Waals surface area contributed by atoms with E-state index in [4.69, 9.17) is 4.74 Å². The highest BCUT2D eigenvalue weighted by Gasteiger charge is 2.36. The van der Waals surface area contributed by atoms with E-state index in [1.165, 1.54) is 0 Å². The highest BCUT2D eigenvalue weighted by Crippen LogP contribution is 2.34. The van der Waals surface area contributed by atoms with Crippen molar-refractivity contribution < 1.29 is 37.0 Å². The van der Waals surface area contributed by atoms with Crippen molar-refractivity contribution in [2.75, 3.05) is 0 Å². The molecule has 0 heterocycles. The molecule has 9 heteroatoms. The summed E-state index contributed by atoms with van der Waals surface area (Å²) in [5, 5.41) is 11.4. The summed E-state index contributed by atoms with van der Waals surface area (Å²) in [5.74, 6) is -2.76. The van der Waals surface area contributed by atoms with Gasteiger partial charge in [-0.15, -0.1) is 0 Å². The Morgan fingerprint density at radius 2 is 1.79 bits per heavy atom. The minimum atomic E-state index is -4.82. The van der Waals surface area contributed by atoms with E-state index >= 15 is 0 Å². The third-order valence-electron chi connectivity index (χ3n) is 4.16. The first-order valence-electron chi connectivity index (χ1n) is 8.64. The van der Waals surface area contributed by atoms with Gasteiger partial charge in [0.2, 0.25) is 0 Å². The second-order valence-corrected chi connectivity index (χ2v) is 6.40. The first kappa shape index (κ1) is 22.2. The minimum Gasteiger partial charge on any atom is -0.480 e. The normalized spacial score (nSPS) is 12.3. The molecule has 0 fully saturated rings. The van der Waals surface area contributed by atoms with Crippen LogP contribution in [0.2, 0.25) is 0 Å². The van der Waals surface area contributed by atoms with Crippen molar-refractivity contribution in [1.29, 1.82) is 0 Å². The standard InChI is InChI=1S/C20H19F4NO4/c1-12-9-14(10-15(21)17(12)20(22,23)24)7-8-16(18(26)27)25-19(28)29-11-13-5-3-2-4-6-13/h2-6,9-10,16H,7-8,11H2,1H3,(H,25,28)(H,26,27)/t16-/m0/s1. The van der Waals surface area contributed by atoms with Crippen molar-refractivity contribution in [3.8, 4) is 0 Å². The van der Waals surface area contributed by atoms with Crippen molar-refractivity contribution in [2.24, 2.45) is 0 Å². The molecule has 1 amide bonds. The lowest BCUT2D eigenvalue weighted by atomic mass is 9.99. The average molecular weight is 413 g/mol. The van der Waals surface area contributed by atoms with E-state index in [1.807, 2.05) is 0 Å². The molecule has 2 N–H and O–H groups in total. The minimum absolute atomic E-state index is 0.0498. The maximum Gasteiger partial charge on any atom is 0.419 e. The Morgan fingerprint density at radius 3 is 2.34 bits per heavy atom. The molecule has 2 rings (SSSR count). The Kier molecular flexibility index (Phi) is 7.19. The topological polar surface area (TPSA) is 75.6 Å². The highest BCUT2D eigenvalue weighted by molar-refractivity contribution is 5.79. The zero-order chi connectivity index (χ0) is 21.6. The molecule has 5 nitrogen and oxygen atoms in total. The third-order valence-corrected chi connectivity index (χ3v) is 4.16. The number of carbonyl (C=O) groups excluding carboxylic acids is 1. The maximum atomic E-state index is 13.8. The van der Waals surface area contributed by atoms with E-state index in [0.29, 0.717) is 5.56 Å². The van der Waals surface area contributed by atoms with Crippen LogP contribution in [0.15, 0.2) is 42.5 Å². The Hall–Kier alpha value is -3.10. The number of halogens is 4. The van der Waals surface area contributed by atoms with Gasteiger partial charge in [-0.2, -0.15) is 13.2 Å². The lowest BCUT2D eigenvalue weighted by molar-refractivity contribution is -0.140. The molecule has 0 aromatic heterocycles. The molecule has 0 radical (unpaired) electrons. The molecule has 0 aliphatic heterocycles. The fraction of sp³-hybridized carbons (Fsp3) is 0.300. The van der Waals surface area contributed by atoms with Gasteiger partial charge >= 0.3 is 18.2 Å². The maximum absolute atomic E-state index is 13.8. The van der Waals surface area contributed by atoms with Crippen LogP contribution in [-0.2, 0) is 28.7 Å². The van der Waals surface area contributed by atoms with Gasteiger partial charge in [0.25, 0.3) is 0 Å². The summed E-state index contributed by atoms with van der Waals surface area (Å²) in [5.41, 5.74) is -0.739. The highest BCUT2D eigenvalue weighted by atomic mass is 19.4. The zero-order valence-corrected chi connectivity index (χ0v) is 15.4. The molecule has 156 valence electrons. The van der Waals surface area contributed by atoms with Crippen LogP contribution in [0, 0.1) is 12.7 Å². The summed E-state index contributed by atoms with van der Waals surface area (Å²) in [6.45, 7) is 1.08. The van der Waals surface area contributed by atoms with Gasteiger partial charge < -0.3 is 15.2 Å². The van der Waals surface area contributed by atoms with Crippen molar-refractivity contribution in [3.63, 3.8) is 0 Å². The molecule has 1 atom stereocenters. The monoisotopic (exact) mass is 413 g/mol. The van der Waals surface area contributed by atoms with Crippen molar-refractivity contribution >= 4 is 12.1 Å². The number of ether oxygens (including phenoxy) is 1. The number of hydrogen-bond donors (Lipinski definition) is 2. The number of alkyl halides is 3. The molecule has 0 aliphatic carbocycles. The number of carboxylic acid groups (broad SMARTS) is 1. The second kappa shape index (κ2) is 9.40. The summed E-state index contributed by atoms with van der Waals surface area (Å²) >= 11 is 0. The largest absolute Gasteiger partial charge is 0.480 e. The number of nitrogens with one attached hydrogen (secondary N) is 1. The van der Waals surface area contributed by atoms with Crippen LogP contribution in [0.4, 0.5) is 22.4 Å². The predicted molar refractivity (Wildman–Crippen MR) is 95.6 cm³/mol. The number of aliphatic carboxylic acids is 1. The molecule has 0 unspecified atom stereocenters. The summed E-state index contributed by atoms with van der Waals surface area (Å²) in [6.07, 6.45) is -5.97. The fourth-order valence-corrected chi connectivity index (χ4v) is 2.79. The van der Waals surface area contributed by atoms with E-state index < -0.39 is 35.7 Å². The smallest absolute Gasteiger partial charge is 0.419 e. The molecule has 0 bridgehead atoms. The number of hydrogen-bond acceptors (Lipinski definition) is 3. The Balaban J connectivity index is 1.97. The van der Waals surface area contributed by atoms with Gasteiger partial charge in [0.15, 0.2) is 0 Å². The molecular formula is C20H19F4NO4. The van der Waals surface area contributed by atoms with Gasteiger partial charge in [-0.3, -0.25) is 0 Å². The number of amides is 1. The summed E-state index contributed by atoms with van der Waals surface area (Å²) in [6, 6.07) is 9.27. The lowest BCUT2D eigenvalue weighted by Gasteiger charge is -2.16. The Morgan fingerprint density at radius 1 is 1.14 bits per heavy atom. The van der Waals surface area contributed by atoms with E-state index in [2.05, 4.69) is 5.32 Å². The summed E-state index contributed by atoms with van der Waals surface area (Å²) < 4.78 is 57.3. The number of rotatable bonds is 7. The number of carbonyl (C=O) groups is 2. The van der Waals surface area contributed by atoms with Crippen LogP contribution in [0.3, 0.4) is 0 Å². The number of alkyl carbamates (subject to hydrolysis) is 1. The molecule has 0 saturated carbocycles. The van der Waals surface area contributed by atoms with Crippen LogP contribution in [0.1, 0.15) is 28.7 Å². The molecule has 0 saturated heterocycles. The van der Waals surface area contributed by atoms with Crippen molar-refractivity contribution in [2.45, 2.75) is 38.6 Å². The van der Waals surface area contributed by atoms with Crippen molar-refractivity contribution in [3.05, 3.63) is 70.5 Å². The van der Waals surface area contributed by atoms with Gasteiger partial charge in [-0.05, 0) is 42.5 Å². The van der Waals surface area contributed by atoms with Gasteiger partial charge in [-0.1, -0.05) is 36.4 Å². The van der Waals surface area contributed by atoms with Crippen LogP contribution in [0.25, 0.3) is 0 Å². The Labute approximate surface area is 164 Å². The van der Waals surface area contributed by atoms with E-state index in [0.717, 1.165) is 19.1 Å². The summed E-state index contributed by atoms with van der Waals surface area (Å²) in [4.78, 5) is 23.2. The molecule has 2 aromatic rings. The number of aryl methyl sites for hydroxylation is 2. The predicted octanol–water partition coefficient (Wildman–Crippen LogP) is 4.47. The third kappa shape index (κ3) is 6.48. The van der Waals surface area contributed by atoms with Crippen molar-refractivity contribution in [1.82, 2.24) is 5.32 Å². The Bertz CT molecular complexity index is 846. The lowest BCUT2D eigenvalue weighted by Crippen LogP contribution is -2.41. The van der Waals surface area contributed by atoms with E-state index in [-0.39, 0.29) is 30.6 Å². The number of benzene rings is 2. The van der Waals surface area contributed by atoms with Crippen LogP contribution >= 0.6 is 0 Å². The first-order chi connectivity index (χ1) is 13.6. The van der Waals surface area contributed by atoms with Gasteiger partial charge in [-0.25, -0.2) is 14.0 Å². The van der Waals surface area contributed by atoms with Gasteiger partial charge in [0.05, 0.1) is 5.56 Å². The molecule has 0 aliphatic rings. The van der Waals surface area contributed by atoms with Gasteiger partial charge in [0.1, 0.15) is 18.5 Å². The average Bonchev–Trinajstić information content (AvgIpc) is 2.62. The molecule has 2 aromatic carbocycles. The fourth-order valence-electron chi connectivity index (χ4n) is 2.79. The van der Waals surface area contributed by atoms with E-state index in [1.54, 1.807) is 30.3 Å². The quantitative estimate of drug-likeness (QED) is 0.657. The second-order valence-electron chi connectivity index (χ2n) is 6.40. The van der Waals surface area contributed by atoms with Crippen LogP contribution in [-0.4, -0.2) is 23.2 Å². The first-order valence-corrected chi connectivity index (χ1v) is 8.64. The zero-order valence-electron chi connectivity index (χ0n) is 15.4. The SMILES string of the molecule is Cc1cc(CC[C@H](NC(=O)OCc2ccccc2)C(=O)O)cc(F)c1C(F)(F)F. The number of carboxylic acids is 1. The molecule has 0 spiro atoms. The molecule has 29 heavy (non-hydrogen) atoms. The molecular weight excluding hydrogens is 394 g/mol.